The number of fused-ring (bicyclic) bond motifs is 8. The molecule has 0 saturated carbocycles. The van der Waals surface area contributed by atoms with Gasteiger partial charge in [-0.15, -0.1) is 20.4 Å². The fourth-order valence-electron chi connectivity index (χ4n) is 5.86. The average Bonchev–Trinajstić information content (AvgIpc) is 3.70. The molecular formula is C34H21N7O. The lowest BCUT2D eigenvalue weighted by molar-refractivity contribution is 0.477. The lowest BCUT2D eigenvalue weighted by Gasteiger charge is -2.32. The summed E-state index contributed by atoms with van der Waals surface area (Å²) < 4.78 is 10.4. The molecule has 8 nitrogen and oxygen atoms in total. The monoisotopic (exact) mass is 543 g/mol. The van der Waals surface area contributed by atoms with E-state index in [0.717, 1.165) is 62.4 Å². The van der Waals surface area contributed by atoms with Crippen LogP contribution in [-0.4, -0.2) is 29.2 Å². The summed E-state index contributed by atoms with van der Waals surface area (Å²) in [6, 6.07) is 42.9. The quantitative estimate of drug-likeness (QED) is 0.226. The van der Waals surface area contributed by atoms with Crippen LogP contribution >= 0.6 is 0 Å². The Bertz CT molecular complexity index is 2250. The van der Waals surface area contributed by atoms with Gasteiger partial charge in [-0.25, -0.2) is 0 Å². The summed E-state index contributed by atoms with van der Waals surface area (Å²) in [5.41, 5.74) is 8.00. The molecule has 0 saturated heterocycles. The third-order valence-corrected chi connectivity index (χ3v) is 7.72. The Morgan fingerprint density at radius 2 is 0.952 bits per heavy atom. The van der Waals surface area contributed by atoms with E-state index >= 15 is 0 Å². The number of hydrogen-bond donors (Lipinski definition) is 0. The highest BCUT2D eigenvalue weighted by molar-refractivity contribution is 5.94. The third-order valence-electron chi connectivity index (χ3n) is 7.72. The van der Waals surface area contributed by atoms with Gasteiger partial charge >= 0.3 is 0 Å². The second-order valence-corrected chi connectivity index (χ2v) is 10.1. The van der Waals surface area contributed by atoms with E-state index in [1.165, 1.54) is 0 Å². The molecule has 3 aromatic heterocycles. The van der Waals surface area contributed by atoms with Crippen molar-refractivity contribution in [2.75, 3.05) is 4.90 Å². The van der Waals surface area contributed by atoms with Crippen LogP contribution in [0.15, 0.2) is 127 Å². The van der Waals surface area contributed by atoms with Crippen molar-refractivity contribution in [1.82, 2.24) is 29.2 Å². The van der Waals surface area contributed by atoms with Crippen LogP contribution in [0.1, 0.15) is 0 Å². The van der Waals surface area contributed by atoms with Crippen molar-refractivity contribution in [2.45, 2.75) is 0 Å². The highest BCUT2D eigenvalue weighted by atomic mass is 16.5. The molecule has 198 valence electrons. The minimum atomic E-state index is 0.635. The molecule has 8 heteroatoms. The molecule has 4 heterocycles. The molecule has 0 fully saturated rings. The molecular weight excluding hydrogens is 522 g/mol. The number of benzene rings is 5. The minimum absolute atomic E-state index is 0.635. The molecule has 42 heavy (non-hydrogen) atoms. The van der Waals surface area contributed by atoms with Crippen molar-refractivity contribution >= 4 is 39.4 Å². The molecule has 9 rings (SSSR count). The number of anilines is 3. The Labute approximate surface area is 239 Å². The Balaban J connectivity index is 1.39. The molecule has 1 aliphatic heterocycles. The Kier molecular flexibility index (Phi) is 4.74. The largest absolute Gasteiger partial charge is 0.453 e. The van der Waals surface area contributed by atoms with E-state index < -0.39 is 0 Å². The lowest BCUT2D eigenvalue weighted by Crippen LogP contribution is -2.15. The maximum Gasteiger partial charge on any atom is 0.207 e. The molecule has 5 aromatic carbocycles. The third kappa shape index (κ3) is 3.23. The van der Waals surface area contributed by atoms with Crippen molar-refractivity contribution in [3.05, 3.63) is 127 Å². The van der Waals surface area contributed by atoms with E-state index in [9.17, 15) is 0 Å². The SMILES string of the molecule is c1ccc(-c2nnc3c4nnc(-c5ccccc5)n4c4cc(N5c6ccccc6Oc6ccccc65)ccc4n23)cc1. The van der Waals surface area contributed by atoms with Crippen molar-refractivity contribution < 1.29 is 4.74 Å². The first-order valence-electron chi connectivity index (χ1n) is 13.7. The number of aromatic nitrogens is 6. The number of para-hydroxylation sites is 4. The molecule has 0 spiro atoms. The molecule has 0 radical (unpaired) electrons. The van der Waals surface area contributed by atoms with Crippen LogP contribution in [0.5, 0.6) is 11.5 Å². The van der Waals surface area contributed by atoms with Gasteiger partial charge in [0.05, 0.1) is 22.4 Å². The summed E-state index contributed by atoms with van der Waals surface area (Å²) in [5.74, 6) is 3.09. The van der Waals surface area contributed by atoms with Gasteiger partial charge in [-0.05, 0) is 42.5 Å². The zero-order valence-corrected chi connectivity index (χ0v) is 22.2. The maximum absolute atomic E-state index is 6.28. The fraction of sp³-hybridized carbons (Fsp3) is 0. The second kappa shape index (κ2) is 8.74. The molecule has 0 aliphatic carbocycles. The summed E-state index contributed by atoms with van der Waals surface area (Å²) in [6.07, 6.45) is 0. The topological polar surface area (TPSA) is 72.8 Å². The standard InChI is InChI=1S/C34H21N7O/c1-3-11-22(12-4-1)31-35-37-33-34-38-36-32(23-13-5-2-6-14-23)41(34)28-21-24(19-20-25(28)40(31)33)39-26-15-7-9-17-29(26)42-30-18-10-8-16-27(30)39/h1-21H. The summed E-state index contributed by atoms with van der Waals surface area (Å²) in [4.78, 5) is 2.24. The summed E-state index contributed by atoms with van der Waals surface area (Å²) in [5, 5.41) is 18.5. The van der Waals surface area contributed by atoms with Gasteiger partial charge in [0.1, 0.15) is 0 Å². The smallest absolute Gasteiger partial charge is 0.207 e. The van der Waals surface area contributed by atoms with Gasteiger partial charge < -0.3 is 9.64 Å². The molecule has 0 bridgehead atoms. The molecule has 0 N–H and O–H groups in total. The second-order valence-electron chi connectivity index (χ2n) is 10.1. The van der Waals surface area contributed by atoms with Gasteiger partial charge in [-0.2, -0.15) is 0 Å². The van der Waals surface area contributed by atoms with E-state index in [2.05, 4.69) is 64.4 Å². The highest BCUT2D eigenvalue weighted by Crippen LogP contribution is 2.50. The van der Waals surface area contributed by atoms with Crippen LogP contribution < -0.4 is 9.64 Å². The first-order chi connectivity index (χ1) is 20.8. The van der Waals surface area contributed by atoms with Gasteiger partial charge in [-0.1, -0.05) is 84.9 Å². The van der Waals surface area contributed by atoms with Gasteiger partial charge in [0, 0.05) is 16.8 Å². The molecule has 0 atom stereocenters. The maximum atomic E-state index is 6.28. The summed E-state index contributed by atoms with van der Waals surface area (Å²) in [6.45, 7) is 0. The average molecular weight is 544 g/mol. The first kappa shape index (κ1) is 22.8. The van der Waals surface area contributed by atoms with Crippen LogP contribution in [0.25, 0.3) is 45.1 Å². The van der Waals surface area contributed by atoms with E-state index in [1.54, 1.807) is 0 Å². The first-order valence-corrected chi connectivity index (χ1v) is 13.7. The van der Waals surface area contributed by atoms with Gasteiger partial charge in [0.25, 0.3) is 0 Å². The van der Waals surface area contributed by atoms with E-state index in [0.29, 0.717) is 11.3 Å². The van der Waals surface area contributed by atoms with Gasteiger partial charge in [0.15, 0.2) is 23.1 Å². The predicted octanol–water partition coefficient (Wildman–Crippen LogP) is 7.83. The molecule has 0 unspecified atom stereocenters. The summed E-state index contributed by atoms with van der Waals surface area (Å²) >= 11 is 0. The predicted molar refractivity (Wildman–Crippen MR) is 163 cm³/mol. The van der Waals surface area contributed by atoms with Crippen LogP contribution in [0.4, 0.5) is 17.1 Å². The zero-order chi connectivity index (χ0) is 27.6. The number of ether oxygens (including phenoxy) is 1. The molecule has 8 aromatic rings. The number of nitrogens with zero attached hydrogens (tertiary/aromatic N) is 7. The van der Waals surface area contributed by atoms with Crippen LogP contribution in [0.2, 0.25) is 0 Å². The Morgan fingerprint density at radius 1 is 0.452 bits per heavy atom. The normalized spacial score (nSPS) is 12.4. The van der Waals surface area contributed by atoms with Crippen molar-refractivity contribution in [2.24, 2.45) is 0 Å². The summed E-state index contributed by atoms with van der Waals surface area (Å²) in [7, 11) is 0. The molecule has 1 aliphatic rings. The molecule has 0 amide bonds. The number of rotatable bonds is 3. The van der Waals surface area contributed by atoms with Crippen LogP contribution in [-0.2, 0) is 0 Å². The van der Waals surface area contributed by atoms with E-state index in [-0.39, 0.29) is 0 Å². The van der Waals surface area contributed by atoms with E-state index in [4.69, 9.17) is 4.74 Å². The Hall–Kier alpha value is -6.02. The van der Waals surface area contributed by atoms with Crippen molar-refractivity contribution in [1.29, 1.82) is 0 Å². The van der Waals surface area contributed by atoms with Gasteiger partial charge in [-0.3, -0.25) is 8.80 Å². The van der Waals surface area contributed by atoms with Crippen LogP contribution in [0.3, 0.4) is 0 Å². The highest BCUT2D eigenvalue weighted by Gasteiger charge is 2.27. The lowest BCUT2D eigenvalue weighted by atomic mass is 10.1. The van der Waals surface area contributed by atoms with Gasteiger partial charge in [0.2, 0.25) is 11.3 Å². The minimum Gasteiger partial charge on any atom is -0.453 e. The van der Waals surface area contributed by atoms with Crippen LogP contribution in [0, 0.1) is 0 Å². The number of hydrogen-bond acceptors (Lipinski definition) is 6. The van der Waals surface area contributed by atoms with Crippen molar-refractivity contribution in [3.63, 3.8) is 0 Å². The zero-order valence-electron chi connectivity index (χ0n) is 22.2. The van der Waals surface area contributed by atoms with E-state index in [1.807, 2.05) is 97.1 Å². The fourth-order valence-corrected chi connectivity index (χ4v) is 5.86. The van der Waals surface area contributed by atoms with Crippen molar-refractivity contribution in [3.8, 4) is 34.3 Å². The Morgan fingerprint density at radius 3 is 1.52 bits per heavy atom.